The second kappa shape index (κ2) is 9.97. The topological polar surface area (TPSA) is 40.6 Å². The molecule has 2 rings (SSSR count). The van der Waals surface area contributed by atoms with Crippen LogP contribution in [0, 0.1) is 0 Å². The smallest absolute Gasteiger partial charge is 0.242 e. The molecule has 0 spiro atoms. The number of carbonyl (C=O) groups excluding carboxylic acids is 2. The lowest BCUT2D eigenvalue weighted by molar-refractivity contribution is -0.139. The molecular formula is C21H25ClN2O2. The van der Waals surface area contributed by atoms with Crippen molar-refractivity contribution in [3.05, 3.63) is 70.7 Å². The fourth-order valence-corrected chi connectivity index (χ4v) is 2.96. The minimum atomic E-state index is -0.101. The quantitative estimate of drug-likeness (QED) is 0.707. The van der Waals surface area contributed by atoms with Crippen LogP contribution in [0.4, 0.5) is 0 Å². The van der Waals surface area contributed by atoms with Gasteiger partial charge >= 0.3 is 0 Å². The van der Waals surface area contributed by atoms with Crippen LogP contribution in [0.2, 0.25) is 5.02 Å². The minimum absolute atomic E-state index is 0.0438. The van der Waals surface area contributed by atoms with Crippen LogP contribution in [0.3, 0.4) is 0 Å². The van der Waals surface area contributed by atoms with Gasteiger partial charge in [0.1, 0.15) is 0 Å². The molecule has 0 aliphatic heterocycles. The lowest BCUT2D eigenvalue weighted by Crippen LogP contribution is -2.42. The molecule has 26 heavy (non-hydrogen) atoms. The highest BCUT2D eigenvalue weighted by Crippen LogP contribution is 2.12. The molecule has 0 radical (unpaired) electrons. The first kappa shape index (κ1) is 20.0. The summed E-state index contributed by atoms with van der Waals surface area (Å²) in [5, 5.41) is 0.674. The molecule has 0 aliphatic rings. The van der Waals surface area contributed by atoms with Crippen LogP contribution in [0.5, 0.6) is 0 Å². The summed E-state index contributed by atoms with van der Waals surface area (Å²) in [5.74, 6) is -0.145. The van der Waals surface area contributed by atoms with Gasteiger partial charge in [0.2, 0.25) is 11.8 Å². The molecule has 0 saturated heterocycles. The van der Waals surface area contributed by atoms with Gasteiger partial charge in [-0.15, -0.1) is 0 Å². The maximum absolute atomic E-state index is 12.7. The Bertz CT molecular complexity index is 734. The van der Waals surface area contributed by atoms with E-state index in [9.17, 15) is 9.59 Å². The lowest BCUT2D eigenvalue weighted by Gasteiger charge is -2.26. The van der Waals surface area contributed by atoms with Crippen LogP contribution >= 0.6 is 11.6 Å². The molecule has 0 unspecified atom stereocenters. The highest BCUT2D eigenvalue weighted by Gasteiger charge is 2.18. The molecule has 0 aliphatic carbocycles. The van der Waals surface area contributed by atoms with E-state index < -0.39 is 0 Å². The molecule has 0 saturated carbocycles. The van der Waals surface area contributed by atoms with Crippen molar-refractivity contribution in [1.82, 2.24) is 9.80 Å². The number of rotatable bonds is 8. The predicted molar refractivity (Wildman–Crippen MR) is 105 cm³/mol. The highest BCUT2D eigenvalue weighted by molar-refractivity contribution is 6.30. The molecule has 2 aromatic rings. The standard InChI is InChI=1S/C21H25ClN2O2/c1-3-23(15-19-8-5-4-6-9-19)21(26)16-24(17(2)25)13-12-18-10-7-11-20(22)14-18/h4-11,14H,3,12-13,15-16H2,1-2H3. The van der Waals surface area contributed by atoms with Crippen molar-refractivity contribution in [1.29, 1.82) is 0 Å². The second-order valence-corrected chi connectivity index (χ2v) is 6.65. The molecule has 0 atom stereocenters. The van der Waals surface area contributed by atoms with Crippen molar-refractivity contribution in [2.75, 3.05) is 19.6 Å². The predicted octanol–water partition coefficient (Wildman–Crippen LogP) is 3.78. The Morgan fingerprint density at radius 3 is 2.27 bits per heavy atom. The number of hydrogen-bond acceptors (Lipinski definition) is 2. The van der Waals surface area contributed by atoms with Gasteiger partial charge in [0.15, 0.2) is 0 Å². The van der Waals surface area contributed by atoms with E-state index in [0.717, 1.165) is 11.1 Å². The molecule has 0 heterocycles. The molecule has 138 valence electrons. The van der Waals surface area contributed by atoms with Crippen LogP contribution in [0.15, 0.2) is 54.6 Å². The molecule has 4 nitrogen and oxygen atoms in total. The Morgan fingerprint density at radius 2 is 1.65 bits per heavy atom. The van der Waals surface area contributed by atoms with Gasteiger partial charge in [0.25, 0.3) is 0 Å². The normalized spacial score (nSPS) is 10.4. The van der Waals surface area contributed by atoms with Crippen molar-refractivity contribution >= 4 is 23.4 Å². The van der Waals surface area contributed by atoms with Crippen molar-refractivity contribution in [2.45, 2.75) is 26.8 Å². The number of amides is 2. The van der Waals surface area contributed by atoms with Gasteiger partial charge in [0.05, 0.1) is 6.54 Å². The van der Waals surface area contributed by atoms with E-state index in [-0.39, 0.29) is 18.4 Å². The van der Waals surface area contributed by atoms with E-state index in [1.165, 1.54) is 6.92 Å². The Kier molecular flexibility index (Phi) is 7.67. The van der Waals surface area contributed by atoms with Crippen molar-refractivity contribution in [3.63, 3.8) is 0 Å². The van der Waals surface area contributed by atoms with E-state index in [1.807, 2.05) is 61.5 Å². The summed E-state index contributed by atoms with van der Waals surface area (Å²) in [6.07, 6.45) is 0.665. The van der Waals surface area contributed by atoms with E-state index in [4.69, 9.17) is 11.6 Å². The van der Waals surface area contributed by atoms with E-state index >= 15 is 0 Å². The van der Waals surface area contributed by atoms with Crippen LogP contribution in [-0.2, 0) is 22.6 Å². The summed E-state index contributed by atoms with van der Waals surface area (Å²) >= 11 is 6.00. The number of hydrogen-bond donors (Lipinski definition) is 0. The fraction of sp³-hybridized carbons (Fsp3) is 0.333. The maximum Gasteiger partial charge on any atom is 0.242 e. The van der Waals surface area contributed by atoms with Gasteiger partial charge in [-0.05, 0) is 36.6 Å². The summed E-state index contributed by atoms with van der Waals surface area (Å²) < 4.78 is 0. The van der Waals surface area contributed by atoms with Crippen molar-refractivity contribution < 1.29 is 9.59 Å². The Labute approximate surface area is 160 Å². The first-order chi connectivity index (χ1) is 12.5. The van der Waals surface area contributed by atoms with Gasteiger partial charge in [-0.25, -0.2) is 0 Å². The Balaban J connectivity index is 1.96. The summed E-state index contributed by atoms with van der Waals surface area (Å²) in [4.78, 5) is 28.0. The molecule has 0 bridgehead atoms. The Hall–Kier alpha value is -2.33. The van der Waals surface area contributed by atoms with Gasteiger partial charge < -0.3 is 9.80 Å². The maximum atomic E-state index is 12.7. The minimum Gasteiger partial charge on any atom is -0.337 e. The largest absolute Gasteiger partial charge is 0.337 e. The first-order valence-corrected chi connectivity index (χ1v) is 9.19. The third kappa shape index (κ3) is 6.19. The third-order valence-electron chi connectivity index (χ3n) is 4.28. The average Bonchev–Trinajstić information content (AvgIpc) is 2.63. The molecule has 0 N–H and O–H groups in total. The zero-order valence-corrected chi connectivity index (χ0v) is 16.1. The monoisotopic (exact) mass is 372 g/mol. The Morgan fingerprint density at radius 1 is 0.962 bits per heavy atom. The summed E-state index contributed by atoms with van der Waals surface area (Å²) in [5.41, 5.74) is 2.13. The summed E-state index contributed by atoms with van der Waals surface area (Å²) in [6.45, 7) is 5.19. The fourth-order valence-electron chi connectivity index (χ4n) is 2.75. The second-order valence-electron chi connectivity index (χ2n) is 6.21. The molecular weight excluding hydrogens is 348 g/mol. The lowest BCUT2D eigenvalue weighted by atomic mass is 10.1. The van der Waals surface area contributed by atoms with E-state index in [1.54, 1.807) is 9.80 Å². The van der Waals surface area contributed by atoms with E-state index in [0.29, 0.717) is 31.1 Å². The SMILES string of the molecule is CCN(Cc1ccccc1)C(=O)CN(CCc1cccc(Cl)c1)C(C)=O. The van der Waals surface area contributed by atoms with Gasteiger partial charge in [-0.3, -0.25) is 9.59 Å². The molecule has 5 heteroatoms. The number of likely N-dealkylation sites (N-methyl/N-ethyl adjacent to an activating group) is 1. The van der Waals surface area contributed by atoms with Crippen molar-refractivity contribution in [3.8, 4) is 0 Å². The molecule has 0 fully saturated rings. The van der Waals surface area contributed by atoms with Crippen LogP contribution in [0.25, 0.3) is 0 Å². The van der Waals surface area contributed by atoms with E-state index in [2.05, 4.69) is 0 Å². The van der Waals surface area contributed by atoms with Crippen LogP contribution in [-0.4, -0.2) is 41.2 Å². The zero-order valence-electron chi connectivity index (χ0n) is 15.3. The first-order valence-electron chi connectivity index (χ1n) is 8.81. The van der Waals surface area contributed by atoms with Gasteiger partial charge in [0, 0.05) is 31.6 Å². The number of nitrogens with zero attached hydrogens (tertiary/aromatic N) is 2. The number of carbonyl (C=O) groups is 2. The number of halogens is 1. The number of benzene rings is 2. The zero-order chi connectivity index (χ0) is 18.9. The van der Waals surface area contributed by atoms with Crippen molar-refractivity contribution in [2.24, 2.45) is 0 Å². The molecule has 0 aromatic heterocycles. The van der Waals surface area contributed by atoms with Crippen LogP contribution in [0.1, 0.15) is 25.0 Å². The molecule has 2 aromatic carbocycles. The average molecular weight is 373 g/mol. The molecule has 2 amide bonds. The summed E-state index contributed by atoms with van der Waals surface area (Å²) in [7, 11) is 0. The van der Waals surface area contributed by atoms with Gasteiger partial charge in [-0.1, -0.05) is 54.1 Å². The summed E-state index contributed by atoms with van der Waals surface area (Å²) in [6, 6.07) is 17.4. The highest BCUT2D eigenvalue weighted by atomic mass is 35.5. The van der Waals surface area contributed by atoms with Gasteiger partial charge in [-0.2, -0.15) is 0 Å². The van der Waals surface area contributed by atoms with Crippen LogP contribution < -0.4 is 0 Å². The third-order valence-corrected chi connectivity index (χ3v) is 4.52.